The molecule has 0 aromatic heterocycles. The summed E-state index contributed by atoms with van der Waals surface area (Å²) >= 11 is 0. The summed E-state index contributed by atoms with van der Waals surface area (Å²) < 4.78 is 11.0. The molecule has 1 rings (SSSR count). The molecule has 1 aromatic carbocycles. The molecule has 0 amide bonds. The molecule has 118 valence electrons. The van der Waals surface area contributed by atoms with Crippen LogP contribution < -0.4 is 4.74 Å². The molecule has 0 spiro atoms. The first-order chi connectivity index (χ1) is 9.75. The van der Waals surface area contributed by atoms with E-state index in [4.69, 9.17) is 14.6 Å². The summed E-state index contributed by atoms with van der Waals surface area (Å²) in [4.78, 5) is 11.0. The van der Waals surface area contributed by atoms with E-state index in [9.17, 15) is 4.79 Å². The molecule has 0 saturated carbocycles. The minimum atomic E-state index is -0.944. The zero-order chi connectivity index (χ0) is 16.0. The summed E-state index contributed by atoms with van der Waals surface area (Å²) in [6.45, 7) is 10.9. The van der Waals surface area contributed by atoms with Crippen molar-refractivity contribution in [1.29, 1.82) is 0 Å². The number of carboxylic acid groups (broad SMARTS) is 1. The van der Waals surface area contributed by atoms with Gasteiger partial charge in [-0.05, 0) is 36.5 Å². The minimum Gasteiger partial charge on any atom is -0.493 e. The van der Waals surface area contributed by atoms with Crippen LogP contribution in [0.15, 0.2) is 18.2 Å². The maximum atomic E-state index is 11.0. The van der Waals surface area contributed by atoms with Crippen molar-refractivity contribution in [1.82, 2.24) is 0 Å². The Hall–Kier alpha value is -1.55. The van der Waals surface area contributed by atoms with Gasteiger partial charge in [-0.25, -0.2) is 4.79 Å². The number of carboxylic acids is 1. The van der Waals surface area contributed by atoms with Gasteiger partial charge >= 0.3 is 5.97 Å². The van der Waals surface area contributed by atoms with E-state index in [-0.39, 0.29) is 5.41 Å². The molecule has 1 unspecified atom stereocenters. The highest BCUT2D eigenvalue weighted by Gasteiger charge is 2.21. The number of hydrogen-bond acceptors (Lipinski definition) is 3. The Labute approximate surface area is 127 Å². The van der Waals surface area contributed by atoms with Crippen LogP contribution in [0.25, 0.3) is 0 Å². The van der Waals surface area contributed by atoms with Gasteiger partial charge in [0, 0.05) is 13.0 Å². The third-order valence-corrected chi connectivity index (χ3v) is 3.23. The van der Waals surface area contributed by atoms with Crippen LogP contribution in [0, 0.1) is 6.92 Å². The maximum Gasteiger partial charge on any atom is 0.332 e. The molecule has 0 heterocycles. The molecule has 1 N–H and O–H groups in total. The van der Waals surface area contributed by atoms with Crippen molar-refractivity contribution in [2.45, 2.75) is 52.6 Å². The van der Waals surface area contributed by atoms with Gasteiger partial charge in [0.05, 0.1) is 6.61 Å². The lowest BCUT2D eigenvalue weighted by atomic mass is 9.86. The van der Waals surface area contributed by atoms with Crippen LogP contribution in [-0.4, -0.2) is 30.4 Å². The molecule has 0 aliphatic heterocycles. The zero-order valence-electron chi connectivity index (χ0n) is 13.6. The van der Waals surface area contributed by atoms with E-state index in [1.807, 2.05) is 13.0 Å². The van der Waals surface area contributed by atoms with Gasteiger partial charge in [0.15, 0.2) is 6.10 Å². The highest BCUT2D eigenvalue weighted by atomic mass is 16.5. The molecule has 0 saturated heterocycles. The average Bonchev–Trinajstić information content (AvgIpc) is 2.36. The molecular formula is C17H26O4. The van der Waals surface area contributed by atoms with Crippen molar-refractivity contribution in [3.05, 3.63) is 29.3 Å². The summed E-state index contributed by atoms with van der Waals surface area (Å²) in [5.74, 6) is -0.121. The first-order valence-electron chi connectivity index (χ1n) is 7.34. The topological polar surface area (TPSA) is 55.8 Å². The number of aryl methyl sites for hydroxylation is 1. The summed E-state index contributed by atoms with van der Waals surface area (Å²) in [5, 5.41) is 9.05. The lowest BCUT2D eigenvalue weighted by molar-refractivity contribution is -0.150. The van der Waals surface area contributed by atoms with Crippen LogP contribution in [-0.2, 0) is 14.9 Å². The first-order valence-corrected chi connectivity index (χ1v) is 7.34. The van der Waals surface area contributed by atoms with Gasteiger partial charge in [-0.1, -0.05) is 32.9 Å². The van der Waals surface area contributed by atoms with E-state index in [0.29, 0.717) is 19.6 Å². The Morgan fingerprint density at radius 2 is 2.00 bits per heavy atom. The average molecular weight is 294 g/mol. The molecule has 0 radical (unpaired) electrons. The Morgan fingerprint density at radius 1 is 1.33 bits per heavy atom. The molecule has 4 nitrogen and oxygen atoms in total. The van der Waals surface area contributed by atoms with Crippen LogP contribution in [0.2, 0.25) is 0 Å². The summed E-state index contributed by atoms with van der Waals surface area (Å²) in [6, 6.07) is 6.13. The Kier molecular flexibility index (Phi) is 6.21. The van der Waals surface area contributed by atoms with Gasteiger partial charge < -0.3 is 14.6 Å². The molecule has 0 bridgehead atoms. The third kappa shape index (κ3) is 5.38. The third-order valence-electron chi connectivity index (χ3n) is 3.23. The monoisotopic (exact) mass is 294 g/mol. The van der Waals surface area contributed by atoms with E-state index < -0.39 is 12.1 Å². The SMILES string of the molecule is CCOC(CCOc1cc(C)ccc1C(C)(C)C)C(=O)O. The van der Waals surface area contributed by atoms with Crippen molar-refractivity contribution in [2.24, 2.45) is 0 Å². The smallest absolute Gasteiger partial charge is 0.332 e. The molecule has 21 heavy (non-hydrogen) atoms. The fraction of sp³-hybridized carbons (Fsp3) is 0.588. The van der Waals surface area contributed by atoms with Gasteiger partial charge in [-0.3, -0.25) is 0 Å². The van der Waals surface area contributed by atoms with Crippen molar-refractivity contribution < 1.29 is 19.4 Å². The zero-order valence-corrected chi connectivity index (χ0v) is 13.6. The number of hydrogen-bond donors (Lipinski definition) is 1. The van der Waals surface area contributed by atoms with Crippen molar-refractivity contribution in [3.8, 4) is 5.75 Å². The fourth-order valence-electron chi connectivity index (χ4n) is 2.12. The molecule has 0 aliphatic carbocycles. The summed E-state index contributed by atoms with van der Waals surface area (Å²) in [7, 11) is 0. The Morgan fingerprint density at radius 3 is 2.52 bits per heavy atom. The molecule has 1 aromatic rings. The van der Waals surface area contributed by atoms with Crippen LogP contribution in [0.4, 0.5) is 0 Å². The number of rotatable bonds is 7. The number of aliphatic carboxylic acids is 1. The van der Waals surface area contributed by atoms with Gasteiger partial charge in [0.2, 0.25) is 0 Å². The van der Waals surface area contributed by atoms with Gasteiger partial charge in [0.25, 0.3) is 0 Å². The lowest BCUT2D eigenvalue weighted by Crippen LogP contribution is -2.26. The van der Waals surface area contributed by atoms with Crippen LogP contribution in [0.3, 0.4) is 0 Å². The fourth-order valence-corrected chi connectivity index (χ4v) is 2.12. The van der Waals surface area contributed by atoms with E-state index in [1.165, 1.54) is 0 Å². The molecule has 4 heteroatoms. The Bertz CT molecular complexity index is 474. The van der Waals surface area contributed by atoms with E-state index in [0.717, 1.165) is 16.9 Å². The molecule has 1 atom stereocenters. The van der Waals surface area contributed by atoms with E-state index in [2.05, 4.69) is 32.9 Å². The second kappa shape index (κ2) is 7.46. The predicted molar refractivity (Wildman–Crippen MR) is 83.0 cm³/mol. The molecule has 0 fully saturated rings. The highest BCUT2D eigenvalue weighted by Crippen LogP contribution is 2.32. The van der Waals surface area contributed by atoms with Crippen molar-refractivity contribution in [2.75, 3.05) is 13.2 Å². The lowest BCUT2D eigenvalue weighted by Gasteiger charge is -2.23. The molecule has 0 aliphatic rings. The van der Waals surface area contributed by atoms with Gasteiger partial charge in [-0.2, -0.15) is 0 Å². The highest BCUT2D eigenvalue weighted by molar-refractivity contribution is 5.72. The number of benzene rings is 1. The van der Waals surface area contributed by atoms with E-state index >= 15 is 0 Å². The van der Waals surface area contributed by atoms with Crippen molar-refractivity contribution in [3.63, 3.8) is 0 Å². The second-order valence-corrected chi connectivity index (χ2v) is 6.17. The largest absolute Gasteiger partial charge is 0.493 e. The van der Waals surface area contributed by atoms with E-state index in [1.54, 1.807) is 6.92 Å². The quantitative estimate of drug-likeness (QED) is 0.835. The molecular weight excluding hydrogens is 268 g/mol. The number of carbonyl (C=O) groups is 1. The summed E-state index contributed by atoms with van der Waals surface area (Å²) in [5.41, 5.74) is 2.23. The van der Waals surface area contributed by atoms with Crippen molar-refractivity contribution >= 4 is 5.97 Å². The minimum absolute atomic E-state index is 0.0187. The van der Waals surface area contributed by atoms with Gasteiger partial charge in [-0.15, -0.1) is 0 Å². The second-order valence-electron chi connectivity index (χ2n) is 6.17. The summed E-state index contributed by atoms with van der Waals surface area (Å²) in [6.07, 6.45) is -0.473. The number of ether oxygens (including phenoxy) is 2. The van der Waals surface area contributed by atoms with Gasteiger partial charge in [0.1, 0.15) is 5.75 Å². The maximum absolute atomic E-state index is 11.0. The van der Waals surface area contributed by atoms with Crippen LogP contribution in [0.5, 0.6) is 5.75 Å². The first kappa shape index (κ1) is 17.5. The predicted octanol–water partition coefficient (Wildman–Crippen LogP) is 3.55. The Balaban J connectivity index is 2.75. The van der Waals surface area contributed by atoms with Crippen LogP contribution in [0.1, 0.15) is 45.2 Å². The van der Waals surface area contributed by atoms with Crippen LogP contribution >= 0.6 is 0 Å². The standard InChI is InChI=1S/C17H26O4/c1-6-20-14(16(18)19)9-10-21-15-11-12(2)7-8-13(15)17(3,4)5/h7-8,11,14H,6,9-10H2,1-5H3,(H,18,19). The normalized spacial score (nSPS) is 13.0.